The SMILES string of the molecule is Cc1ccccc1-c1cc(C(C)(C)C)cc(-c2nc(-c3c(Cl)cccc3Cl)cs2)c1O. The van der Waals surface area contributed by atoms with Crippen molar-refractivity contribution < 1.29 is 5.11 Å². The predicted molar refractivity (Wildman–Crippen MR) is 134 cm³/mol. The lowest BCUT2D eigenvalue weighted by atomic mass is 9.83. The molecular formula is C26H23Cl2NOS. The summed E-state index contributed by atoms with van der Waals surface area (Å²) in [5.74, 6) is 0.230. The Morgan fingerprint density at radius 1 is 0.871 bits per heavy atom. The van der Waals surface area contributed by atoms with E-state index in [0.717, 1.165) is 27.3 Å². The molecule has 4 rings (SSSR count). The first-order valence-corrected chi connectivity index (χ1v) is 11.6. The molecule has 0 radical (unpaired) electrons. The molecule has 0 aliphatic rings. The van der Waals surface area contributed by atoms with E-state index in [2.05, 4.69) is 39.8 Å². The standard InChI is InChI=1S/C26H23Cl2NOS/c1-15-8-5-6-9-17(15)18-12-16(26(2,3)4)13-19(24(18)30)25-29-22(14-31-25)23-20(27)10-7-11-21(23)28/h5-14,30H,1-4H3. The first kappa shape index (κ1) is 21.9. The van der Waals surface area contributed by atoms with Gasteiger partial charge in [0, 0.05) is 16.5 Å². The molecule has 4 aromatic rings. The molecule has 0 saturated carbocycles. The number of rotatable bonds is 3. The smallest absolute Gasteiger partial charge is 0.133 e. The van der Waals surface area contributed by atoms with Crippen LogP contribution >= 0.6 is 34.5 Å². The highest BCUT2D eigenvalue weighted by atomic mass is 35.5. The first-order chi connectivity index (χ1) is 14.7. The number of thiazole rings is 1. The Labute approximate surface area is 197 Å². The van der Waals surface area contributed by atoms with Crippen molar-refractivity contribution in [1.82, 2.24) is 4.98 Å². The molecular weight excluding hydrogens is 445 g/mol. The van der Waals surface area contributed by atoms with Crippen molar-refractivity contribution in [2.24, 2.45) is 0 Å². The maximum Gasteiger partial charge on any atom is 0.133 e. The van der Waals surface area contributed by atoms with Crippen LogP contribution in [0, 0.1) is 6.92 Å². The highest BCUT2D eigenvalue weighted by molar-refractivity contribution is 7.13. The van der Waals surface area contributed by atoms with Gasteiger partial charge in [0.15, 0.2) is 0 Å². The number of aromatic nitrogens is 1. The summed E-state index contributed by atoms with van der Waals surface area (Å²) >= 11 is 14.2. The van der Waals surface area contributed by atoms with Gasteiger partial charge in [0.05, 0.1) is 21.3 Å². The average Bonchev–Trinajstić information content (AvgIpc) is 3.17. The molecule has 0 aliphatic heterocycles. The van der Waals surface area contributed by atoms with Gasteiger partial charge in [-0.2, -0.15) is 0 Å². The Balaban J connectivity index is 1.93. The predicted octanol–water partition coefficient (Wildman–Crippen LogP) is 8.76. The van der Waals surface area contributed by atoms with E-state index in [-0.39, 0.29) is 11.2 Å². The van der Waals surface area contributed by atoms with Crippen LogP contribution in [0.4, 0.5) is 0 Å². The Morgan fingerprint density at radius 2 is 1.52 bits per heavy atom. The summed E-state index contributed by atoms with van der Waals surface area (Å²) in [4.78, 5) is 4.80. The molecule has 5 heteroatoms. The zero-order chi connectivity index (χ0) is 22.3. The highest BCUT2D eigenvalue weighted by Crippen LogP contribution is 2.45. The van der Waals surface area contributed by atoms with Gasteiger partial charge in [-0.15, -0.1) is 11.3 Å². The minimum absolute atomic E-state index is 0.0912. The van der Waals surface area contributed by atoms with Crippen LogP contribution in [0.25, 0.3) is 33.0 Å². The van der Waals surface area contributed by atoms with Crippen molar-refractivity contribution in [3.05, 3.63) is 81.1 Å². The number of halogens is 2. The minimum atomic E-state index is -0.0912. The highest BCUT2D eigenvalue weighted by Gasteiger charge is 2.23. The van der Waals surface area contributed by atoms with Crippen molar-refractivity contribution in [2.45, 2.75) is 33.1 Å². The van der Waals surface area contributed by atoms with Gasteiger partial charge in [-0.05, 0) is 53.3 Å². The molecule has 1 aromatic heterocycles. The van der Waals surface area contributed by atoms with E-state index in [4.69, 9.17) is 28.2 Å². The van der Waals surface area contributed by atoms with Crippen molar-refractivity contribution >= 4 is 34.5 Å². The summed E-state index contributed by atoms with van der Waals surface area (Å²) in [5.41, 5.74) is 6.10. The second kappa shape index (κ2) is 8.31. The van der Waals surface area contributed by atoms with Crippen LogP contribution < -0.4 is 0 Å². The van der Waals surface area contributed by atoms with E-state index in [9.17, 15) is 5.11 Å². The number of phenols is 1. The van der Waals surface area contributed by atoms with Crippen molar-refractivity contribution in [1.29, 1.82) is 0 Å². The lowest BCUT2D eigenvalue weighted by Gasteiger charge is -2.22. The fraction of sp³-hybridized carbons (Fsp3) is 0.192. The number of aromatic hydroxyl groups is 1. The maximum atomic E-state index is 11.3. The number of phenolic OH excluding ortho intramolecular Hbond substituents is 1. The Kier molecular flexibility index (Phi) is 5.87. The molecule has 2 nitrogen and oxygen atoms in total. The third kappa shape index (κ3) is 4.23. The largest absolute Gasteiger partial charge is 0.507 e. The van der Waals surface area contributed by atoms with Gasteiger partial charge in [-0.3, -0.25) is 0 Å². The molecule has 0 saturated heterocycles. The number of hydrogen-bond donors (Lipinski definition) is 1. The van der Waals surface area contributed by atoms with Gasteiger partial charge in [-0.25, -0.2) is 4.98 Å². The molecule has 3 aromatic carbocycles. The van der Waals surface area contributed by atoms with Crippen molar-refractivity contribution in [3.8, 4) is 38.7 Å². The summed E-state index contributed by atoms with van der Waals surface area (Å²) < 4.78 is 0. The normalized spacial score (nSPS) is 11.7. The fourth-order valence-corrected chi connectivity index (χ4v) is 4.98. The van der Waals surface area contributed by atoms with Crippen LogP contribution in [0.1, 0.15) is 31.9 Å². The Hall–Kier alpha value is -2.33. The Morgan fingerprint density at radius 3 is 2.16 bits per heavy atom. The van der Waals surface area contributed by atoms with Gasteiger partial charge < -0.3 is 5.11 Å². The van der Waals surface area contributed by atoms with Gasteiger partial charge in [0.2, 0.25) is 0 Å². The van der Waals surface area contributed by atoms with E-state index in [1.807, 2.05) is 35.7 Å². The molecule has 0 spiro atoms. The monoisotopic (exact) mass is 467 g/mol. The zero-order valence-corrected chi connectivity index (χ0v) is 20.2. The summed E-state index contributed by atoms with van der Waals surface area (Å²) in [6.45, 7) is 8.56. The second-order valence-corrected chi connectivity index (χ2v) is 10.3. The number of nitrogens with zero attached hydrogens (tertiary/aromatic N) is 1. The lowest BCUT2D eigenvalue weighted by molar-refractivity contribution is 0.478. The van der Waals surface area contributed by atoms with E-state index < -0.39 is 0 Å². The van der Waals surface area contributed by atoms with Crippen LogP contribution in [0.15, 0.2) is 60.0 Å². The average molecular weight is 468 g/mol. The van der Waals surface area contributed by atoms with E-state index in [1.54, 1.807) is 12.1 Å². The quantitative estimate of drug-likeness (QED) is 0.326. The number of aryl methyl sites for hydroxylation is 1. The van der Waals surface area contributed by atoms with Crippen molar-refractivity contribution in [2.75, 3.05) is 0 Å². The van der Waals surface area contributed by atoms with E-state index >= 15 is 0 Å². The molecule has 0 unspecified atom stereocenters. The first-order valence-electron chi connectivity index (χ1n) is 10.0. The van der Waals surface area contributed by atoms with Gasteiger partial charge in [0.25, 0.3) is 0 Å². The summed E-state index contributed by atoms with van der Waals surface area (Å²) in [6.07, 6.45) is 0. The van der Waals surface area contributed by atoms with Gasteiger partial charge in [-0.1, -0.05) is 74.3 Å². The Bertz CT molecular complexity index is 1250. The molecule has 31 heavy (non-hydrogen) atoms. The molecule has 0 aliphatic carbocycles. The third-order valence-corrected chi connectivity index (χ3v) is 6.87. The van der Waals surface area contributed by atoms with Crippen LogP contribution in [0.3, 0.4) is 0 Å². The maximum absolute atomic E-state index is 11.3. The molecule has 0 fully saturated rings. The topological polar surface area (TPSA) is 33.1 Å². The van der Waals surface area contributed by atoms with Crippen LogP contribution in [-0.2, 0) is 5.41 Å². The molecule has 0 atom stereocenters. The van der Waals surface area contributed by atoms with Gasteiger partial charge in [0.1, 0.15) is 10.8 Å². The fourth-order valence-electron chi connectivity index (χ4n) is 3.57. The summed E-state index contributed by atoms with van der Waals surface area (Å²) in [5, 5.41) is 15.1. The minimum Gasteiger partial charge on any atom is -0.507 e. The van der Waals surface area contributed by atoms with Crippen molar-refractivity contribution in [3.63, 3.8) is 0 Å². The second-order valence-electron chi connectivity index (χ2n) is 8.62. The zero-order valence-electron chi connectivity index (χ0n) is 17.8. The molecule has 158 valence electrons. The summed E-state index contributed by atoms with van der Waals surface area (Å²) in [7, 11) is 0. The van der Waals surface area contributed by atoms with Gasteiger partial charge >= 0.3 is 0 Å². The summed E-state index contributed by atoms with van der Waals surface area (Å²) in [6, 6.07) is 17.6. The molecule has 1 N–H and O–H groups in total. The van der Waals surface area contributed by atoms with E-state index in [0.29, 0.717) is 26.9 Å². The number of hydrogen-bond acceptors (Lipinski definition) is 3. The molecule has 0 amide bonds. The third-order valence-electron chi connectivity index (χ3n) is 5.36. The molecule has 0 bridgehead atoms. The number of benzene rings is 3. The van der Waals surface area contributed by atoms with Crippen LogP contribution in [-0.4, -0.2) is 10.1 Å². The van der Waals surface area contributed by atoms with E-state index in [1.165, 1.54) is 11.3 Å². The van der Waals surface area contributed by atoms with Crippen LogP contribution in [0.2, 0.25) is 10.0 Å². The van der Waals surface area contributed by atoms with Crippen LogP contribution in [0.5, 0.6) is 5.75 Å². The lowest BCUT2D eigenvalue weighted by Crippen LogP contribution is -2.11. The molecule has 1 heterocycles.